The molecule has 0 saturated heterocycles. The minimum Gasteiger partial charge on any atom is -0.457 e. The lowest BCUT2D eigenvalue weighted by molar-refractivity contribution is 0.200. The Morgan fingerprint density at radius 1 is 0.708 bits per heavy atom. The Kier molecular flexibility index (Phi) is 5.10. The van der Waals surface area contributed by atoms with Crippen LogP contribution < -0.4 is 14.8 Å². The molecule has 24 heavy (non-hydrogen) atoms. The van der Waals surface area contributed by atoms with E-state index < -0.39 is 6.09 Å². The second-order valence-electron chi connectivity index (χ2n) is 5.12. The number of para-hydroxylation sites is 1. The smallest absolute Gasteiger partial charge is 0.412 e. The minimum atomic E-state index is -0.490. The number of hydrogen-bond donors (Lipinski definition) is 1. The molecule has 0 saturated carbocycles. The van der Waals surface area contributed by atoms with Crippen molar-refractivity contribution in [1.29, 1.82) is 0 Å². The summed E-state index contributed by atoms with van der Waals surface area (Å²) in [5.41, 5.74) is 1.01. The van der Waals surface area contributed by atoms with Gasteiger partial charge in [0.05, 0.1) is 0 Å². The van der Waals surface area contributed by atoms with E-state index in [4.69, 9.17) is 9.47 Å². The highest BCUT2D eigenvalue weighted by Crippen LogP contribution is 2.23. The summed E-state index contributed by atoms with van der Waals surface area (Å²) in [5.74, 6) is 1.89. The molecule has 120 valence electrons. The topological polar surface area (TPSA) is 47.6 Å². The Morgan fingerprint density at radius 2 is 1.25 bits per heavy atom. The van der Waals surface area contributed by atoms with Crippen molar-refractivity contribution in [3.05, 3.63) is 90.5 Å². The first kappa shape index (κ1) is 15.6. The van der Waals surface area contributed by atoms with Gasteiger partial charge in [-0.3, -0.25) is 0 Å². The molecule has 0 aliphatic heterocycles. The van der Waals surface area contributed by atoms with E-state index in [0.717, 1.165) is 11.3 Å². The van der Waals surface area contributed by atoms with Crippen LogP contribution in [0.3, 0.4) is 0 Å². The van der Waals surface area contributed by atoms with Gasteiger partial charge in [0, 0.05) is 6.54 Å². The SMILES string of the molecule is O=C(NCc1ccccc1)Oc1ccc(Oc2ccccc2)cc1. The molecule has 1 amide bonds. The van der Waals surface area contributed by atoms with Crippen molar-refractivity contribution in [1.82, 2.24) is 5.32 Å². The lowest BCUT2D eigenvalue weighted by atomic mass is 10.2. The summed E-state index contributed by atoms with van der Waals surface area (Å²) in [6.07, 6.45) is -0.490. The Hall–Kier alpha value is -3.27. The summed E-state index contributed by atoms with van der Waals surface area (Å²) < 4.78 is 10.9. The van der Waals surface area contributed by atoms with E-state index in [9.17, 15) is 4.79 Å². The molecule has 0 aromatic heterocycles. The van der Waals surface area contributed by atoms with Crippen LogP contribution in [0.15, 0.2) is 84.9 Å². The van der Waals surface area contributed by atoms with Gasteiger partial charge in [0.1, 0.15) is 17.2 Å². The van der Waals surface area contributed by atoms with Crippen LogP contribution in [0.1, 0.15) is 5.56 Å². The van der Waals surface area contributed by atoms with E-state index in [1.165, 1.54) is 0 Å². The first-order valence-electron chi connectivity index (χ1n) is 7.62. The molecule has 3 aromatic carbocycles. The van der Waals surface area contributed by atoms with E-state index >= 15 is 0 Å². The Labute approximate surface area is 140 Å². The van der Waals surface area contributed by atoms with Crippen LogP contribution in [0, 0.1) is 0 Å². The highest BCUT2D eigenvalue weighted by molar-refractivity contribution is 5.70. The van der Waals surface area contributed by atoms with Crippen LogP contribution in [0.25, 0.3) is 0 Å². The second-order valence-corrected chi connectivity index (χ2v) is 5.12. The summed E-state index contributed by atoms with van der Waals surface area (Å²) in [7, 11) is 0. The quantitative estimate of drug-likeness (QED) is 0.737. The van der Waals surface area contributed by atoms with Gasteiger partial charge in [0.25, 0.3) is 0 Å². The van der Waals surface area contributed by atoms with Crippen molar-refractivity contribution in [3.8, 4) is 17.2 Å². The van der Waals surface area contributed by atoms with Crippen LogP contribution in [0.4, 0.5) is 4.79 Å². The minimum absolute atomic E-state index is 0.425. The molecule has 0 atom stereocenters. The Balaban J connectivity index is 1.51. The van der Waals surface area contributed by atoms with Crippen molar-refractivity contribution in [3.63, 3.8) is 0 Å². The number of amides is 1. The molecule has 1 N–H and O–H groups in total. The summed E-state index contributed by atoms with van der Waals surface area (Å²) in [6.45, 7) is 0.425. The first-order valence-corrected chi connectivity index (χ1v) is 7.62. The molecule has 0 aliphatic rings. The molecule has 0 spiro atoms. The lowest BCUT2D eigenvalue weighted by Crippen LogP contribution is -2.26. The zero-order valence-electron chi connectivity index (χ0n) is 13.0. The van der Waals surface area contributed by atoms with Gasteiger partial charge in [-0.15, -0.1) is 0 Å². The molecule has 3 aromatic rings. The average Bonchev–Trinajstić information content (AvgIpc) is 2.63. The second kappa shape index (κ2) is 7.83. The average molecular weight is 319 g/mol. The van der Waals surface area contributed by atoms with E-state index in [1.807, 2.05) is 60.7 Å². The highest BCUT2D eigenvalue weighted by atomic mass is 16.6. The maximum absolute atomic E-state index is 11.8. The van der Waals surface area contributed by atoms with E-state index in [2.05, 4.69) is 5.32 Å². The van der Waals surface area contributed by atoms with Gasteiger partial charge in [-0.2, -0.15) is 0 Å². The number of hydrogen-bond acceptors (Lipinski definition) is 3. The normalized spacial score (nSPS) is 10.0. The van der Waals surface area contributed by atoms with Gasteiger partial charge in [0.2, 0.25) is 0 Å². The first-order chi connectivity index (χ1) is 11.8. The molecule has 0 unspecified atom stereocenters. The van der Waals surface area contributed by atoms with E-state index in [0.29, 0.717) is 18.0 Å². The molecule has 0 radical (unpaired) electrons. The summed E-state index contributed by atoms with van der Waals surface area (Å²) >= 11 is 0. The fourth-order valence-corrected chi connectivity index (χ4v) is 2.11. The van der Waals surface area contributed by atoms with Crippen LogP contribution >= 0.6 is 0 Å². The summed E-state index contributed by atoms with van der Waals surface area (Å²) in [4.78, 5) is 11.8. The van der Waals surface area contributed by atoms with Crippen molar-refractivity contribution in [2.24, 2.45) is 0 Å². The zero-order valence-corrected chi connectivity index (χ0v) is 13.0. The van der Waals surface area contributed by atoms with Crippen LogP contribution in [-0.4, -0.2) is 6.09 Å². The number of benzene rings is 3. The molecular formula is C20H17NO3. The van der Waals surface area contributed by atoms with Gasteiger partial charge >= 0.3 is 6.09 Å². The highest BCUT2D eigenvalue weighted by Gasteiger charge is 2.05. The number of rotatable bonds is 5. The summed E-state index contributed by atoms with van der Waals surface area (Å²) in [6, 6.07) is 26.1. The predicted octanol–water partition coefficient (Wildman–Crippen LogP) is 4.77. The maximum Gasteiger partial charge on any atom is 0.412 e. The molecule has 4 nitrogen and oxygen atoms in total. The summed E-state index contributed by atoms with van der Waals surface area (Å²) in [5, 5.41) is 2.71. The van der Waals surface area contributed by atoms with Crippen LogP contribution in [-0.2, 0) is 6.54 Å². The fourth-order valence-electron chi connectivity index (χ4n) is 2.11. The van der Waals surface area contributed by atoms with Gasteiger partial charge in [-0.05, 0) is 42.0 Å². The number of carbonyl (C=O) groups excluding carboxylic acids is 1. The third-order valence-electron chi connectivity index (χ3n) is 3.29. The lowest BCUT2D eigenvalue weighted by Gasteiger charge is -2.08. The molecule has 0 aliphatic carbocycles. The van der Waals surface area contributed by atoms with Gasteiger partial charge in [-0.25, -0.2) is 4.79 Å². The van der Waals surface area contributed by atoms with Gasteiger partial charge < -0.3 is 14.8 Å². The molecule has 0 fully saturated rings. The van der Waals surface area contributed by atoms with Crippen LogP contribution in [0.5, 0.6) is 17.2 Å². The van der Waals surface area contributed by atoms with E-state index in [-0.39, 0.29) is 0 Å². The number of ether oxygens (including phenoxy) is 2. The Morgan fingerprint density at radius 3 is 1.92 bits per heavy atom. The zero-order chi connectivity index (χ0) is 16.6. The van der Waals surface area contributed by atoms with Crippen molar-refractivity contribution in [2.45, 2.75) is 6.54 Å². The third kappa shape index (κ3) is 4.61. The molecular weight excluding hydrogens is 302 g/mol. The largest absolute Gasteiger partial charge is 0.457 e. The molecule has 0 heterocycles. The van der Waals surface area contributed by atoms with Gasteiger partial charge in [0.15, 0.2) is 0 Å². The predicted molar refractivity (Wildman–Crippen MR) is 92.3 cm³/mol. The number of nitrogens with one attached hydrogen (secondary N) is 1. The standard InChI is InChI=1S/C20H17NO3/c22-20(21-15-16-7-3-1-4-8-16)24-19-13-11-18(12-14-19)23-17-9-5-2-6-10-17/h1-14H,15H2,(H,21,22). The van der Waals surface area contributed by atoms with Gasteiger partial charge in [-0.1, -0.05) is 48.5 Å². The monoisotopic (exact) mass is 319 g/mol. The third-order valence-corrected chi connectivity index (χ3v) is 3.29. The van der Waals surface area contributed by atoms with Crippen molar-refractivity contribution < 1.29 is 14.3 Å². The maximum atomic E-state index is 11.8. The molecule has 0 bridgehead atoms. The van der Waals surface area contributed by atoms with E-state index in [1.54, 1.807) is 24.3 Å². The number of carbonyl (C=O) groups is 1. The van der Waals surface area contributed by atoms with Crippen molar-refractivity contribution in [2.75, 3.05) is 0 Å². The Bertz CT molecular complexity index is 771. The molecule has 3 rings (SSSR count). The molecule has 4 heteroatoms. The fraction of sp³-hybridized carbons (Fsp3) is 0.0500. The van der Waals surface area contributed by atoms with Crippen LogP contribution in [0.2, 0.25) is 0 Å². The van der Waals surface area contributed by atoms with Crippen molar-refractivity contribution >= 4 is 6.09 Å².